The summed E-state index contributed by atoms with van der Waals surface area (Å²) < 4.78 is 35.4. The van der Waals surface area contributed by atoms with E-state index in [0.717, 1.165) is 38.5 Å². The fourth-order valence-electron chi connectivity index (χ4n) is 8.42. The van der Waals surface area contributed by atoms with Crippen molar-refractivity contribution in [1.29, 1.82) is 0 Å². The Balaban J connectivity index is 2.31. The van der Waals surface area contributed by atoms with Crippen molar-refractivity contribution in [2.75, 3.05) is 0 Å². The van der Waals surface area contributed by atoms with Gasteiger partial charge in [0.1, 0.15) is 0 Å². The summed E-state index contributed by atoms with van der Waals surface area (Å²) in [5, 5.41) is 2.28. The number of carbonyl (C=O) groups excluding carboxylic acids is 6. The van der Waals surface area contributed by atoms with Gasteiger partial charge in [-0.15, -0.1) is 0 Å². The number of benzene rings is 4. The molecule has 0 saturated heterocycles. The molecule has 4 aromatic rings. The molecule has 0 N–H and O–H groups in total. The van der Waals surface area contributed by atoms with E-state index in [0.29, 0.717) is 70.8 Å². The highest BCUT2D eigenvalue weighted by Crippen LogP contribution is 2.41. The average Bonchev–Trinajstić information content (AvgIpc) is 3.25. The highest BCUT2D eigenvalue weighted by Gasteiger charge is 2.31. The lowest BCUT2D eigenvalue weighted by atomic mass is 9.87. The second kappa shape index (κ2) is 24.8. The van der Waals surface area contributed by atoms with Gasteiger partial charge in [-0.25, -0.2) is 28.8 Å². The molecular weight excluding hydrogens is 841 g/mol. The lowest BCUT2D eigenvalue weighted by Gasteiger charge is -2.21. The van der Waals surface area contributed by atoms with Crippen LogP contribution in [0.25, 0.3) is 32.3 Å². The Bertz CT molecular complexity index is 1930. The molecule has 0 spiro atoms. The standard InChI is InChI=1S/C54H72O12/c1-13-19-31(7)61-49(55)43-25-37-38(26-44(43)50(56)62-32(8)20-14-2)40-28-46(52(58)64-34(10)22-16-4)48(54(60)66-36(12)24-18-6)30-42(40)41-29-47(53(59)65-35(11)23-17-5)45(27-39(37)41)51(57)63-33(9)21-15-3/h25-36H,13-24H2,1-12H3. The summed E-state index contributed by atoms with van der Waals surface area (Å²) >= 11 is 0. The van der Waals surface area contributed by atoms with Crippen LogP contribution < -0.4 is 0 Å². The van der Waals surface area contributed by atoms with Crippen LogP contribution in [0.15, 0.2) is 36.4 Å². The molecule has 0 aromatic heterocycles. The van der Waals surface area contributed by atoms with Gasteiger partial charge in [0, 0.05) is 0 Å². The molecule has 0 radical (unpaired) electrons. The molecule has 0 bridgehead atoms. The molecule has 0 fully saturated rings. The van der Waals surface area contributed by atoms with E-state index in [2.05, 4.69) is 0 Å². The quantitative estimate of drug-likeness (QED) is 0.0373. The predicted molar refractivity (Wildman–Crippen MR) is 258 cm³/mol. The largest absolute Gasteiger partial charge is 0.459 e. The van der Waals surface area contributed by atoms with E-state index in [1.54, 1.807) is 41.5 Å². The molecule has 12 heteroatoms. The number of fused-ring (bicyclic) bond motifs is 6. The molecule has 4 aromatic carbocycles. The van der Waals surface area contributed by atoms with Gasteiger partial charge in [0.05, 0.1) is 70.0 Å². The summed E-state index contributed by atoms with van der Waals surface area (Å²) in [7, 11) is 0. The molecule has 4 rings (SSSR count). The lowest BCUT2D eigenvalue weighted by molar-refractivity contribution is 0.0274. The first-order valence-electron chi connectivity index (χ1n) is 24.2. The first kappa shape index (κ1) is 53.1. The smallest absolute Gasteiger partial charge is 0.339 e. The predicted octanol–water partition coefficient (Wildman–Crippen LogP) is 13.2. The minimum absolute atomic E-state index is 0.0736. The van der Waals surface area contributed by atoms with Gasteiger partial charge >= 0.3 is 35.8 Å². The average molecular weight is 913 g/mol. The van der Waals surface area contributed by atoms with Crippen LogP contribution in [-0.4, -0.2) is 72.4 Å². The van der Waals surface area contributed by atoms with E-state index in [-0.39, 0.29) is 33.4 Å². The zero-order valence-electron chi connectivity index (χ0n) is 41.3. The number of carbonyl (C=O) groups is 6. The van der Waals surface area contributed by atoms with E-state index in [1.807, 2.05) is 41.5 Å². The van der Waals surface area contributed by atoms with Crippen LogP contribution in [0.5, 0.6) is 0 Å². The van der Waals surface area contributed by atoms with Gasteiger partial charge in [0.2, 0.25) is 0 Å². The first-order chi connectivity index (χ1) is 31.4. The van der Waals surface area contributed by atoms with Crippen LogP contribution in [0, 0.1) is 0 Å². The summed E-state index contributed by atoms with van der Waals surface area (Å²) in [6.07, 6.45) is 5.09. The molecule has 360 valence electrons. The van der Waals surface area contributed by atoms with E-state index < -0.39 is 72.4 Å². The van der Waals surface area contributed by atoms with Crippen molar-refractivity contribution in [3.05, 3.63) is 69.8 Å². The van der Waals surface area contributed by atoms with E-state index >= 15 is 0 Å². The van der Waals surface area contributed by atoms with Crippen molar-refractivity contribution < 1.29 is 57.2 Å². The van der Waals surface area contributed by atoms with Gasteiger partial charge in [-0.1, -0.05) is 80.1 Å². The van der Waals surface area contributed by atoms with Crippen LogP contribution in [-0.2, 0) is 28.4 Å². The number of hydrogen-bond donors (Lipinski definition) is 0. The van der Waals surface area contributed by atoms with E-state index in [9.17, 15) is 28.8 Å². The summed E-state index contributed by atoms with van der Waals surface area (Å²) in [6.45, 7) is 22.5. The van der Waals surface area contributed by atoms with Crippen LogP contribution in [0.1, 0.15) is 222 Å². The summed E-state index contributed by atoms with van der Waals surface area (Å²) in [4.78, 5) is 85.5. The highest BCUT2D eigenvalue weighted by molar-refractivity contribution is 6.30. The minimum atomic E-state index is -0.757. The lowest BCUT2D eigenvalue weighted by Crippen LogP contribution is -2.22. The molecule has 0 saturated carbocycles. The maximum atomic E-state index is 14.2. The molecule has 0 aliphatic rings. The minimum Gasteiger partial charge on any atom is -0.459 e. The van der Waals surface area contributed by atoms with Crippen molar-refractivity contribution in [2.45, 2.75) is 197 Å². The number of rotatable bonds is 24. The van der Waals surface area contributed by atoms with Crippen LogP contribution in [0.4, 0.5) is 0 Å². The van der Waals surface area contributed by atoms with Gasteiger partial charge in [-0.2, -0.15) is 0 Å². The Morgan fingerprint density at radius 2 is 0.409 bits per heavy atom. The molecule has 12 nitrogen and oxygen atoms in total. The second-order valence-electron chi connectivity index (χ2n) is 17.9. The zero-order valence-corrected chi connectivity index (χ0v) is 41.3. The molecule has 0 amide bonds. The Morgan fingerprint density at radius 3 is 0.515 bits per heavy atom. The van der Waals surface area contributed by atoms with Gasteiger partial charge in [-0.05, 0) is 149 Å². The Labute approximate surface area is 390 Å². The van der Waals surface area contributed by atoms with Crippen molar-refractivity contribution in [3.63, 3.8) is 0 Å². The highest BCUT2D eigenvalue weighted by atomic mass is 16.6. The van der Waals surface area contributed by atoms with Crippen LogP contribution in [0.2, 0.25) is 0 Å². The Kier molecular flexibility index (Phi) is 20.0. The Morgan fingerprint density at radius 1 is 0.288 bits per heavy atom. The van der Waals surface area contributed by atoms with Gasteiger partial charge in [0.25, 0.3) is 0 Å². The normalized spacial score (nSPS) is 14.2. The number of hydrogen-bond acceptors (Lipinski definition) is 12. The van der Waals surface area contributed by atoms with Gasteiger partial charge in [0.15, 0.2) is 0 Å². The number of esters is 6. The molecular formula is C54H72O12. The van der Waals surface area contributed by atoms with Crippen molar-refractivity contribution in [2.24, 2.45) is 0 Å². The summed E-state index contributed by atoms with van der Waals surface area (Å²) in [5.74, 6) is -4.54. The van der Waals surface area contributed by atoms with Gasteiger partial charge < -0.3 is 28.4 Å². The van der Waals surface area contributed by atoms with Crippen LogP contribution >= 0.6 is 0 Å². The molecule has 0 heterocycles. The van der Waals surface area contributed by atoms with E-state index in [4.69, 9.17) is 28.4 Å². The zero-order chi connectivity index (χ0) is 48.8. The third-order valence-electron chi connectivity index (χ3n) is 11.7. The fraction of sp³-hybridized carbons (Fsp3) is 0.556. The van der Waals surface area contributed by atoms with Crippen molar-refractivity contribution in [3.8, 4) is 0 Å². The molecule has 0 aliphatic carbocycles. The molecule has 66 heavy (non-hydrogen) atoms. The molecule has 6 atom stereocenters. The monoisotopic (exact) mass is 913 g/mol. The summed E-state index contributed by atoms with van der Waals surface area (Å²) in [5.41, 5.74) is -0.442. The van der Waals surface area contributed by atoms with Crippen molar-refractivity contribution >= 4 is 68.1 Å². The molecule has 0 aliphatic heterocycles. The van der Waals surface area contributed by atoms with E-state index in [1.165, 1.54) is 36.4 Å². The third-order valence-corrected chi connectivity index (χ3v) is 11.7. The second-order valence-corrected chi connectivity index (χ2v) is 17.9. The third kappa shape index (κ3) is 13.3. The first-order valence-corrected chi connectivity index (χ1v) is 24.2. The maximum absolute atomic E-state index is 14.2. The van der Waals surface area contributed by atoms with Gasteiger partial charge in [-0.3, -0.25) is 0 Å². The van der Waals surface area contributed by atoms with Crippen molar-refractivity contribution in [1.82, 2.24) is 0 Å². The van der Waals surface area contributed by atoms with Crippen LogP contribution in [0.3, 0.4) is 0 Å². The maximum Gasteiger partial charge on any atom is 0.339 e. The Hall–Kier alpha value is -5.52. The molecule has 6 unspecified atom stereocenters. The summed E-state index contributed by atoms with van der Waals surface area (Å²) in [6, 6.07) is 9.20. The topological polar surface area (TPSA) is 158 Å². The SMILES string of the molecule is CCCC(C)OC(=O)c1cc2c3cc(C(=O)OC(C)CCC)c(C(=O)OC(C)CCC)cc3c3cc(C(=O)OC(C)CCC)c(C(=O)OC(C)CCC)cc3c2cc1C(=O)OC(C)CCC. The fourth-order valence-corrected chi connectivity index (χ4v) is 8.42. The number of ether oxygens (including phenoxy) is 6.